The molecule has 1 aliphatic rings. The Bertz CT molecular complexity index is 1200. The largest absolute Gasteiger partial charge is 0.431 e. The number of aliphatic hydroxyl groups is 1. The van der Waals surface area contributed by atoms with Crippen molar-refractivity contribution in [3.8, 4) is 11.5 Å². The third-order valence-electron chi connectivity index (χ3n) is 5.19. The Hall–Kier alpha value is -2.94. The zero-order valence-electron chi connectivity index (χ0n) is 16.0. The first-order chi connectivity index (χ1) is 13.6. The van der Waals surface area contributed by atoms with E-state index in [0.717, 1.165) is 18.8 Å². The van der Waals surface area contributed by atoms with Gasteiger partial charge in [-0.25, -0.2) is 9.97 Å². The zero-order chi connectivity index (χ0) is 21.1. The van der Waals surface area contributed by atoms with Crippen LogP contribution in [-0.4, -0.2) is 24.2 Å². The van der Waals surface area contributed by atoms with Crippen molar-refractivity contribution in [1.29, 1.82) is 0 Å². The lowest BCUT2D eigenvalue weighted by Gasteiger charge is -2.15. The predicted octanol–water partition coefficient (Wildman–Crippen LogP) is 3.45. The lowest BCUT2D eigenvalue weighted by atomic mass is 10.0. The highest BCUT2D eigenvalue weighted by molar-refractivity contribution is 5.80. The van der Waals surface area contributed by atoms with Crippen molar-refractivity contribution in [2.24, 2.45) is 14.1 Å². The molecule has 1 unspecified atom stereocenters. The maximum atomic E-state index is 13.3. The van der Waals surface area contributed by atoms with Gasteiger partial charge in [0.05, 0.1) is 17.3 Å². The van der Waals surface area contributed by atoms with Crippen molar-refractivity contribution in [3.05, 3.63) is 57.7 Å². The fourth-order valence-electron chi connectivity index (χ4n) is 3.44. The summed E-state index contributed by atoms with van der Waals surface area (Å²) >= 11 is 0. The Morgan fingerprint density at radius 1 is 1.17 bits per heavy atom. The van der Waals surface area contributed by atoms with Crippen molar-refractivity contribution in [2.75, 3.05) is 0 Å². The highest BCUT2D eigenvalue weighted by Crippen LogP contribution is 2.35. The lowest BCUT2D eigenvalue weighted by molar-refractivity contribution is -0.143. The van der Waals surface area contributed by atoms with Crippen LogP contribution in [0.15, 0.2) is 35.1 Å². The molecule has 152 valence electrons. The number of rotatable bonds is 4. The molecule has 4 rings (SSSR count). The number of aryl methyl sites for hydroxylation is 1. The normalized spacial score (nSPS) is 15.3. The monoisotopic (exact) mass is 404 g/mol. The maximum absolute atomic E-state index is 13.3. The lowest BCUT2D eigenvalue weighted by Crippen LogP contribution is -2.26. The van der Waals surface area contributed by atoms with Crippen LogP contribution in [0.1, 0.15) is 42.3 Å². The Labute approximate surface area is 163 Å². The molecule has 0 fully saturated rings. The summed E-state index contributed by atoms with van der Waals surface area (Å²) in [4.78, 5) is 21.6. The summed E-state index contributed by atoms with van der Waals surface area (Å²) in [6, 6.07) is 4.43. The number of aliphatic hydroxyl groups excluding tert-OH is 1. The summed E-state index contributed by atoms with van der Waals surface area (Å²) in [5, 5.41) is 10.4. The number of alkyl halides is 3. The van der Waals surface area contributed by atoms with Crippen molar-refractivity contribution in [3.63, 3.8) is 0 Å². The zero-order valence-corrected chi connectivity index (χ0v) is 16.0. The molecule has 1 N–H and O–H groups in total. The van der Waals surface area contributed by atoms with Gasteiger partial charge in [0.15, 0.2) is 5.82 Å². The van der Waals surface area contributed by atoms with Crippen LogP contribution in [0.5, 0.6) is 0 Å². The van der Waals surface area contributed by atoms with Gasteiger partial charge < -0.3 is 14.2 Å². The molecule has 1 aliphatic carbocycles. The third kappa shape index (κ3) is 3.15. The Morgan fingerprint density at radius 2 is 1.86 bits per heavy atom. The van der Waals surface area contributed by atoms with E-state index in [2.05, 4.69) is 9.97 Å². The highest BCUT2D eigenvalue weighted by Gasteiger charge is 2.35. The molecule has 29 heavy (non-hydrogen) atoms. The van der Waals surface area contributed by atoms with Gasteiger partial charge in [0.25, 0.3) is 5.56 Å². The summed E-state index contributed by atoms with van der Waals surface area (Å²) in [5.41, 5.74) is -0.257. The molecule has 9 heteroatoms. The van der Waals surface area contributed by atoms with Crippen LogP contribution in [-0.2, 0) is 20.3 Å². The number of allylic oxidation sites excluding steroid dienone is 2. The van der Waals surface area contributed by atoms with Crippen LogP contribution in [0.3, 0.4) is 0 Å². The summed E-state index contributed by atoms with van der Waals surface area (Å²) in [6.07, 6.45) is -1.14. The van der Waals surface area contributed by atoms with E-state index in [1.54, 1.807) is 13.1 Å². The minimum Gasteiger partial charge on any atom is -0.388 e. The van der Waals surface area contributed by atoms with Gasteiger partial charge >= 0.3 is 6.18 Å². The summed E-state index contributed by atoms with van der Waals surface area (Å²) in [7, 11) is 2.65. The second-order valence-electron chi connectivity index (χ2n) is 7.13. The highest BCUT2D eigenvalue weighted by atomic mass is 19.4. The molecular formula is C20H19F3N4O2. The average Bonchev–Trinajstić information content (AvgIpc) is 3.46. The molecule has 0 aliphatic heterocycles. The van der Waals surface area contributed by atoms with Gasteiger partial charge in [-0.15, -0.1) is 0 Å². The first-order valence-electron chi connectivity index (χ1n) is 9.14. The molecule has 0 amide bonds. The van der Waals surface area contributed by atoms with Crippen LogP contribution < -0.4 is 5.56 Å². The number of hydrogen-bond acceptors (Lipinski definition) is 4. The van der Waals surface area contributed by atoms with Crippen molar-refractivity contribution >= 4 is 11.0 Å². The molecule has 6 nitrogen and oxygen atoms in total. The van der Waals surface area contributed by atoms with Gasteiger partial charge in [0.1, 0.15) is 16.9 Å². The van der Waals surface area contributed by atoms with E-state index in [1.165, 1.54) is 4.57 Å². The maximum Gasteiger partial charge on any atom is 0.431 e. The second kappa shape index (κ2) is 6.55. The van der Waals surface area contributed by atoms with Gasteiger partial charge in [-0.1, -0.05) is 25.1 Å². The van der Waals surface area contributed by atoms with E-state index in [-0.39, 0.29) is 22.8 Å². The van der Waals surface area contributed by atoms with E-state index in [9.17, 15) is 23.1 Å². The van der Waals surface area contributed by atoms with E-state index in [0.29, 0.717) is 22.2 Å². The summed E-state index contributed by atoms with van der Waals surface area (Å²) < 4.78 is 41.9. The Morgan fingerprint density at radius 3 is 2.45 bits per heavy atom. The second-order valence-corrected chi connectivity index (χ2v) is 7.13. The van der Waals surface area contributed by atoms with Gasteiger partial charge in [0, 0.05) is 25.6 Å². The number of pyridine rings is 2. The molecule has 1 atom stereocenters. The molecule has 0 saturated carbocycles. The van der Waals surface area contributed by atoms with Crippen LogP contribution in [0.2, 0.25) is 0 Å². The topological polar surface area (TPSA) is 72.9 Å². The van der Waals surface area contributed by atoms with E-state index in [1.807, 2.05) is 25.1 Å². The van der Waals surface area contributed by atoms with Gasteiger partial charge in [-0.2, -0.15) is 13.2 Å². The number of fused-ring (bicyclic) bond motifs is 1. The average molecular weight is 404 g/mol. The van der Waals surface area contributed by atoms with E-state index in [4.69, 9.17) is 0 Å². The first-order valence-corrected chi connectivity index (χ1v) is 9.14. The van der Waals surface area contributed by atoms with Crippen molar-refractivity contribution < 1.29 is 18.3 Å². The van der Waals surface area contributed by atoms with Gasteiger partial charge in [-0.3, -0.25) is 4.79 Å². The standard InChI is InChI=1S/C20H19F3N4O2/c1-4-14(28)11-7-8-12(10-5-6-10)24-16(11)18-25-13-9-15(20(21,22)23)26(2)19(29)17(13)27(18)3/h5-10,14,28H,4H2,1-3H3. The number of nitrogens with zero attached hydrogens (tertiary/aromatic N) is 4. The van der Waals surface area contributed by atoms with Crippen LogP contribution in [0.25, 0.3) is 22.6 Å². The fraction of sp³-hybridized carbons (Fsp3) is 0.350. The first kappa shape index (κ1) is 19.4. The summed E-state index contributed by atoms with van der Waals surface area (Å²) in [5.74, 6) is 0.336. The van der Waals surface area contributed by atoms with Crippen LogP contribution in [0.4, 0.5) is 13.2 Å². The SMILES string of the molecule is CCC(O)c1ccc(C2C=C2)nc1-c1nc2cc(C(F)(F)F)n(C)c(=O)c2n1C. The molecule has 0 aromatic carbocycles. The quantitative estimate of drug-likeness (QED) is 0.676. The summed E-state index contributed by atoms with van der Waals surface area (Å²) in [6.45, 7) is 1.81. The number of aromatic nitrogens is 4. The fourth-order valence-corrected chi connectivity index (χ4v) is 3.44. The number of imidazole rings is 1. The number of halogens is 3. The molecule has 0 bridgehead atoms. The van der Waals surface area contributed by atoms with Crippen LogP contribution in [0, 0.1) is 0 Å². The molecule has 0 spiro atoms. The minimum atomic E-state index is -4.68. The molecule has 0 radical (unpaired) electrons. The Kier molecular flexibility index (Phi) is 4.38. The molecule has 0 saturated heterocycles. The minimum absolute atomic E-state index is 0.0455. The number of hydrogen-bond donors (Lipinski definition) is 1. The van der Waals surface area contributed by atoms with Crippen molar-refractivity contribution in [2.45, 2.75) is 31.5 Å². The predicted molar refractivity (Wildman–Crippen MR) is 101 cm³/mol. The Balaban J connectivity index is 2.00. The molecule has 3 heterocycles. The van der Waals surface area contributed by atoms with Crippen LogP contribution >= 0.6 is 0 Å². The van der Waals surface area contributed by atoms with E-state index < -0.39 is 23.5 Å². The smallest absolute Gasteiger partial charge is 0.388 e. The van der Waals surface area contributed by atoms with E-state index >= 15 is 0 Å². The van der Waals surface area contributed by atoms with Gasteiger partial charge in [0.2, 0.25) is 0 Å². The van der Waals surface area contributed by atoms with Crippen molar-refractivity contribution in [1.82, 2.24) is 19.1 Å². The van der Waals surface area contributed by atoms with Gasteiger partial charge in [-0.05, 0) is 18.6 Å². The third-order valence-corrected chi connectivity index (χ3v) is 5.19. The molecule has 3 aromatic rings. The molecular weight excluding hydrogens is 385 g/mol. The molecule has 3 aromatic heterocycles.